The van der Waals surface area contributed by atoms with Crippen LogP contribution in [0.15, 0.2) is 27.1 Å². The summed E-state index contributed by atoms with van der Waals surface area (Å²) in [7, 11) is 0. The highest BCUT2D eigenvalue weighted by molar-refractivity contribution is 9.10. The van der Waals surface area contributed by atoms with Crippen LogP contribution in [0.25, 0.3) is 11.0 Å². The van der Waals surface area contributed by atoms with Crippen molar-refractivity contribution in [1.29, 1.82) is 0 Å². The van der Waals surface area contributed by atoms with Crippen molar-refractivity contribution >= 4 is 38.8 Å². The van der Waals surface area contributed by atoms with Crippen molar-refractivity contribution < 1.29 is 23.8 Å². The van der Waals surface area contributed by atoms with E-state index in [-0.39, 0.29) is 24.3 Å². The minimum Gasteiger partial charge on any atom is -0.479 e. The van der Waals surface area contributed by atoms with E-state index in [9.17, 15) is 9.59 Å². The molecule has 1 fully saturated rings. The van der Waals surface area contributed by atoms with Crippen LogP contribution >= 0.6 is 15.9 Å². The van der Waals surface area contributed by atoms with Gasteiger partial charge < -0.3 is 19.2 Å². The number of fused-ring (bicyclic) bond motifs is 1. The summed E-state index contributed by atoms with van der Waals surface area (Å²) in [4.78, 5) is 25.3. The summed E-state index contributed by atoms with van der Waals surface area (Å²) in [5, 5.41) is 9.95. The zero-order chi connectivity index (χ0) is 16.7. The second-order valence-electron chi connectivity index (χ2n) is 5.74. The van der Waals surface area contributed by atoms with E-state index in [1.807, 2.05) is 19.1 Å². The van der Waals surface area contributed by atoms with E-state index >= 15 is 0 Å². The first kappa shape index (κ1) is 16.0. The first-order chi connectivity index (χ1) is 10.8. The second-order valence-corrected chi connectivity index (χ2v) is 6.65. The first-order valence-corrected chi connectivity index (χ1v) is 8.01. The fourth-order valence-corrected chi connectivity index (χ4v) is 3.39. The molecule has 2 atom stereocenters. The van der Waals surface area contributed by atoms with Gasteiger partial charge in [0.1, 0.15) is 5.58 Å². The Balaban J connectivity index is 1.90. The lowest BCUT2D eigenvalue weighted by atomic mass is 10.1. The fraction of sp³-hybridized carbons (Fsp3) is 0.375. The third-order valence-corrected chi connectivity index (χ3v) is 4.26. The van der Waals surface area contributed by atoms with Crippen LogP contribution in [0.4, 0.5) is 0 Å². The molecule has 122 valence electrons. The topological polar surface area (TPSA) is 80.0 Å². The van der Waals surface area contributed by atoms with Crippen molar-refractivity contribution in [2.24, 2.45) is 0 Å². The van der Waals surface area contributed by atoms with E-state index in [0.717, 1.165) is 15.4 Å². The number of rotatable bonds is 2. The first-order valence-electron chi connectivity index (χ1n) is 7.22. The molecule has 1 amide bonds. The number of amides is 1. The maximum Gasteiger partial charge on any atom is 0.334 e. The molecule has 1 aromatic heterocycles. The van der Waals surface area contributed by atoms with Crippen molar-refractivity contribution in [3.63, 3.8) is 0 Å². The van der Waals surface area contributed by atoms with Gasteiger partial charge in [0.05, 0.1) is 12.6 Å². The molecule has 6 nitrogen and oxygen atoms in total. The average molecular weight is 382 g/mol. The normalized spacial score (nSPS) is 21.6. The Morgan fingerprint density at radius 1 is 1.30 bits per heavy atom. The van der Waals surface area contributed by atoms with Crippen molar-refractivity contribution in [3.8, 4) is 0 Å². The lowest BCUT2D eigenvalue weighted by Crippen LogP contribution is -2.51. The second kappa shape index (κ2) is 5.98. The number of carboxylic acid groups (broad SMARTS) is 1. The lowest BCUT2D eigenvalue weighted by molar-refractivity contribution is -0.160. The number of carboxylic acids is 1. The fourth-order valence-electron chi connectivity index (χ4n) is 2.80. The summed E-state index contributed by atoms with van der Waals surface area (Å²) < 4.78 is 11.9. The number of aryl methyl sites for hydroxylation is 1. The highest BCUT2D eigenvalue weighted by atomic mass is 79.9. The van der Waals surface area contributed by atoms with Crippen LogP contribution in [0, 0.1) is 6.92 Å². The molecule has 0 bridgehead atoms. The Morgan fingerprint density at radius 3 is 2.74 bits per heavy atom. The van der Waals surface area contributed by atoms with E-state index < -0.39 is 12.1 Å². The SMILES string of the molecule is Cc1cc(Br)cc2cc(C(=O)N3CC(C(=O)O)O[C@H](C)C3)oc12. The molecule has 0 spiro atoms. The number of nitrogens with zero attached hydrogens (tertiary/aromatic N) is 1. The standard InChI is InChI=1S/C16H16BrNO5/c1-8-3-11(17)4-10-5-12(23-14(8)10)15(19)18-6-9(2)22-13(7-18)16(20)21/h3-5,9,13H,6-7H2,1-2H3,(H,20,21)/t9-,13?/m1/s1. The van der Waals surface area contributed by atoms with Crippen LogP contribution in [0.1, 0.15) is 23.0 Å². The molecule has 3 rings (SSSR count). The third-order valence-electron chi connectivity index (χ3n) is 3.80. The summed E-state index contributed by atoms with van der Waals surface area (Å²) >= 11 is 3.42. The highest BCUT2D eigenvalue weighted by Gasteiger charge is 2.34. The van der Waals surface area contributed by atoms with Gasteiger partial charge in [-0.25, -0.2) is 4.79 Å². The van der Waals surface area contributed by atoms with E-state index in [1.54, 1.807) is 13.0 Å². The number of halogens is 1. The number of furan rings is 1. The van der Waals surface area contributed by atoms with Crippen LogP contribution in [0.2, 0.25) is 0 Å². The van der Waals surface area contributed by atoms with Crippen LogP contribution in [0.5, 0.6) is 0 Å². The molecule has 2 aromatic rings. The largest absolute Gasteiger partial charge is 0.479 e. The van der Waals surface area contributed by atoms with Crippen LogP contribution in [-0.4, -0.2) is 47.2 Å². The van der Waals surface area contributed by atoms with Gasteiger partial charge in [0.15, 0.2) is 11.9 Å². The quantitative estimate of drug-likeness (QED) is 0.864. The molecule has 1 saturated heterocycles. The van der Waals surface area contributed by atoms with Crippen molar-refractivity contribution in [2.45, 2.75) is 26.1 Å². The van der Waals surface area contributed by atoms with E-state index in [2.05, 4.69) is 15.9 Å². The van der Waals surface area contributed by atoms with Crippen LogP contribution < -0.4 is 0 Å². The van der Waals surface area contributed by atoms with Gasteiger partial charge in [0.2, 0.25) is 0 Å². The molecule has 2 heterocycles. The molecular weight excluding hydrogens is 366 g/mol. The molecule has 7 heteroatoms. The Morgan fingerprint density at radius 2 is 2.04 bits per heavy atom. The monoisotopic (exact) mass is 381 g/mol. The lowest BCUT2D eigenvalue weighted by Gasteiger charge is -2.34. The summed E-state index contributed by atoms with van der Waals surface area (Å²) in [6, 6.07) is 5.48. The summed E-state index contributed by atoms with van der Waals surface area (Å²) in [6.45, 7) is 4.00. The maximum atomic E-state index is 12.7. The van der Waals surface area contributed by atoms with Gasteiger partial charge in [-0.1, -0.05) is 15.9 Å². The maximum absolute atomic E-state index is 12.7. The predicted molar refractivity (Wildman–Crippen MR) is 86.5 cm³/mol. The molecule has 1 aliphatic heterocycles. The Kier molecular flexibility index (Phi) is 4.16. The third kappa shape index (κ3) is 3.11. The Hall–Kier alpha value is -1.86. The molecule has 0 radical (unpaired) electrons. The molecular formula is C16H16BrNO5. The number of carbonyl (C=O) groups excluding carboxylic acids is 1. The smallest absolute Gasteiger partial charge is 0.334 e. The number of morpholine rings is 1. The Labute approximate surface area is 141 Å². The molecule has 1 aromatic carbocycles. The van der Waals surface area contributed by atoms with Crippen molar-refractivity contribution in [3.05, 3.63) is 34.0 Å². The minimum atomic E-state index is -1.07. The van der Waals surface area contributed by atoms with Crippen molar-refractivity contribution in [2.75, 3.05) is 13.1 Å². The number of hydrogen-bond acceptors (Lipinski definition) is 4. The number of benzene rings is 1. The highest BCUT2D eigenvalue weighted by Crippen LogP contribution is 2.28. The summed E-state index contributed by atoms with van der Waals surface area (Å²) in [6.07, 6.45) is -1.35. The number of hydrogen-bond donors (Lipinski definition) is 1. The van der Waals surface area contributed by atoms with Crippen LogP contribution in [-0.2, 0) is 9.53 Å². The summed E-state index contributed by atoms with van der Waals surface area (Å²) in [5.74, 6) is -1.18. The van der Waals surface area contributed by atoms with E-state index in [0.29, 0.717) is 12.1 Å². The number of carbonyl (C=O) groups is 2. The molecule has 0 aliphatic carbocycles. The zero-order valence-electron chi connectivity index (χ0n) is 12.7. The molecule has 1 unspecified atom stereocenters. The zero-order valence-corrected chi connectivity index (χ0v) is 14.3. The van der Waals surface area contributed by atoms with Gasteiger partial charge in [0, 0.05) is 16.4 Å². The summed E-state index contributed by atoms with van der Waals surface area (Å²) in [5.41, 5.74) is 1.58. The van der Waals surface area contributed by atoms with Gasteiger partial charge in [-0.15, -0.1) is 0 Å². The van der Waals surface area contributed by atoms with Crippen molar-refractivity contribution in [1.82, 2.24) is 4.90 Å². The van der Waals surface area contributed by atoms with Gasteiger partial charge in [-0.3, -0.25) is 4.79 Å². The number of aliphatic carboxylic acids is 1. The Bertz CT molecular complexity index is 784. The molecule has 23 heavy (non-hydrogen) atoms. The molecule has 1 aliphatic rings. The van der Waals surface area contributed by atoms with Crippen LogP contribution in [0.3, 0.4) is 0 Å². The van der Waals surface area contributed by atoms with Gasteiger partial charge in [-0.2, -0.15) is 0 Å². The number of ether oxygens (including phenoxy) is 1. The molecule has 1 N–H and O–H groups in total. The molecule has 0 saturated carbocycles. The minimum absolute atomic E-state index is 0.0121. The van der Waals surface area contributed by atoms with E-state index in [1.165, 1.54) is 4.90 Å². The predicted octanol–water partition coefficient (Wildman–Crippen LogP) is 2.82. The van der Waals surface area contributed by atoms with Gasteiger partial charge in [0.25, 0.3) is 5.91 Å². The van der Waals surface area contributed by atoms with Gasteiger partial charge in [-0.05, 0) is 37.6 Å². The van der Waals surface area contributed by atoms with Gasteiger partial charge >= 0.3 is 5.97 Å². The van der Waals surface area contributed by atoms with E-state index in [4.69, 9.17) is 14.3 Å². The average Bonchev–Trinajstić information content (AvgIpc) is 2.89.